The van der Waals surface area contributed by atoms with Crippen molar-refractivity contribution in [3.05, 3.63) is 59.7 Å². The standard InChI is InChI=1S/C15H14N2O2/c16-9-11-5-1-3-7-13(11)17-10-19-15(18)12-6-2-4-8-14(12)17/h1-8H,9-10,16H2. The van der Waals surface area contributed by atoms with Crippen LogP contribution in [0.4, 0.5) is 11.4 Å². The summed E-state index contributed by atoms with van der Waals surface area (Å²) in [6.45, 7) is 0.662. The third-order valence-corrected chi connectivity index (χ3v) is 3.24. The first kappa shape index (κ1) is 11.7. The number of cyclic esters (lactones) is 1. The number of anilines is 2. The first-order valence-electron chi connectivity index (χ1n) is 6.13. The van der Waals surface area contributed by atoms with Gasteiger partial charge in [-0.15, -0.1) is 0 Å². The summed E-state index contributed by atoms with van der Waals surface area (Å²) >= 11 is 0. The number of hydrogen-bond acceptors (Lipinski definition) is 4. The van der Waals surface area contributed by atoms with E-state index >= 15 is 0 Å². The zero-order valence-electron chi connectivity index (χ0n) is 10.4. The molecular weight excluding hydrogens is 240 g/mol. The topological polar surface area (TPSA) is 55.6 Å². The lowest BCUT2D eigenvalue weighted by Gasteiger charge is -2.31. The van der Waals surface area contributed by atoms with Crippen LogP contribution in [-0.4, -0.2) is 12.7 Å². The van der Waals surface area contributed by atoms with Crippen molar-refractivity contribution < 1.29 is 9.53 Å². The fraction of sp³-hybridized carbons (Fsp3) is 0.133. The second kappa shape index (κ2) is 4.74. The van der Waals surface area contributed by atoms with Gasteiger partial charge in [0.2, 0.25) is 0 Å². The zero-order chi connectivity index (χ0) is 13.2. The lowest BCUT2D eigenvalue weighted by molar-refractivity contribution is 0.0493. The molecule has 1 aliphatic rings. The van der Waals surface area contributed by atoms with Crippen molar-refractivity contribution in [1.29, 1.82) is 0 Å². The normalized spacial score (nSPS) is 13.9. The highest BCUT2D eigenvalue weighted by atomic mass is 16.5. The Morgan fingerprint density at radius 2 is 1.74 bits per heavy atom. The molecule has 2 aromatic carbocycles. The quantitative estimate of drug-likeness (QED) is 0.836. The van der Waals surface area contributed by atoms with E-state index in [2.05, 4.69) is 0 Å². The van der Waals surface area contributed by atoms with Gasteiger partial charge in [-0.2, -0.15) is 0 Å². The molecule has 1 heterocycles. The molecule has 19 heavy (non-hydrogen) atoms. The number of rotatable bonds is 2. The molecule has 0 bridgehead atoms. The van der Waals surface area contributed by atoms with E-state index in [-0.39, 0.29) is 12.7 Å². The number of benzene rings is 2. The number of carbonyl (C=O) groups excluding carboxylic acids is 1. The van der Waals surface area contributed by atoms with E-state index < -0.39 is 0 Å². The molecule has 0 aromatic heterocycles. The van der Waals surface area contributed by atoms with Crippen LogP contribution in [0.15, 0.2) is 48.5 Å². The summed E-state index contributed by atoms with van der Waals surface area (Å²) in [5.74, 6) is -0.280. The molecule has 2 N–H and O–H groups in total. The fourth-order valence-electron chi connectivity index (χ4n) is 2.30. The SMILES string of the molecule is NCc1ccccc1N1COC(=O)c2ccccc21. The Morgan fingerprint density at radius 3 is 2.53 bits per heavy atom. The van der Waals surface area contributed by atoms with Gasteiger partial charge in [0.05, 0.1) is 11.3 Å². The van der Waals surface area contributed by atoms with Crippen LogP contribution in [-0.2, 0) is 11.3 Å². The minimum atomic E-state index is -0.280. The van der Waals surface area contributed by atoms with E-state index in [1.165, 1.54) is 0 Å². The van der Waals surface area contributed by atoms with Crippen molar-refractivity contribution in [2.75, 3.05) is 11.6 Å². The van der Waals surface area contributed by atoms with E-state index in [4.69, 9.17) is 10.5 Å². The third-order valence-electron chi connectivity index (χ3n) is 3.24. The smallest absolute Gasteiger partial charge is 0.342 e. The molecule has 0 saturated heterocycles. The minimum Gasteiger partial charge on any atom is -0.440 e. The number of hydrogen-bond donors (Lipinski definition) is 1. The van der Waals surface area contributed by atoms with Gasteiger partial charge in [0, 0.05) is 12.2 Å². The van der Waals surface area contributed by atoms with E-state index in [1.54, 1.807) is 6.07 Å². The van der Waals surface area contributed by atoms with Gasteiger partial charge in [-0.1, -0.05) is 30.3 Å². The molecule has 4 nitrogen and oxygen atoms in total. The van der Waals surface area contributed by atoms with Gasteiger partial charge < -0.3 is 15.4 Å². The molecule has 0 radical (unpaired) electrons. The summed E-state index contributed by atoms with van der Waals surface area (Å²) in [4.78, 5) is 13.7. The lowest BCUT2D eigenvalue weighted by atomic mass is 10.1. The van der Waals surface area contributed by atoms with Crippen LogP contribution in [0.3, 0.4) is 0 Å². The Kier molecular flexibility index (Phi) is 2.93. The summed E-state index contributed by atoms with van der Waals surface area (Å²) in [6, 6.07) is 15.3. The van der Waals surface area contributed by atoms with Crippen LogP contribution in [0.1, 0.15) is 15.9 Å². The Balaban J connectivity index is 2.12. The maximum absolute atomic E-state index is 11.7. The highest BCUT2D eigenvalue weighted by Gasteiger charge is 2.25. The number of ether oxygens (including phenoxy) is 1. The number of esters is 1. The van der Waals surface area contributed by atoms with Crippen LogP contribution in [0, 0.1) is 0 Å². The highest BCUT2D eigenvalue weighted by Crippen LogP contribution is 2.34. The van der Waals surface area contributed by atoms with Gasteiger partial charge in [0.1, 0.15) is 0 Å². The molecule has 0 fully saturated rings. The molecule has 0 atom stereocenters. The summed E-state index contributed by atoms with van der Waals surface area (Å²) in [7, 11) is 0. The van der Waals surface area contributed by atoms with E-state index in [0.29, 0.717) is 12.1 Å². The van der Waals surface area contributed by atoms with Gasteiger partial charge in [0.25, 0.3) is 0 Å². The number of nitrogens with two attached hydrogens (primary N) is 1. The van der Waals surface area contributed by atoms with Crippen LogP contribution in [0.2, 0.25) is 0 Å². The van der Waals surface area contributed by atoms with Gasteiger partial charge in [-0.05, 0) is 23.8 Å². The van der Waals surface area contributed by atoms with E-state index in [0.717, 1.165) is 16.9 Å². The second-order valence-electron chi connectivity index (χ2n) is 4.34. The van der Waals surface area contributed by atoms with Crippen molar-refractivity contribution in [2.24, 2.45) is 5.73 Å². The zero-order valence-corrected chi connectivity index (χ0v) is 10.4. The largest absolute Gasteiger partial charge is 0.440 e. The van der Waals surface area contributed by atoms with Crippen LogP contribution < -0.4 is 10.6 Å². The Hall–Kier alpha value is -2.33. The molecular formula is C15H14N2O2. The van der Waals surface area contributed by atoms with Crippen molar-refractivity contribution in [1.82, 2.24) is 0 Å². The number of para-hydroxylation sites is 2. The molecule has 3 rings (SSSR count). The van der Waals surface area contributed by atoms with Gasteiger partial charge >= 0.3 is 5.97 Å². The molecule has 1 aliphatic heterocycles. The highest BCUT2D eigenvalue weighted by molar-refractivity contribution is 5.98. The first-order chi connectivity index (χ1) is 9.31. The predicted molar refractivity (Wildman–Crippen MR) is 73.2 cm³/mol. The number of carbonyl (C=O) groups is 1. The summed E-state index contributed by atoms with van der Waals surface area (Å²) in [5.41, 5.74) is 9.21. The Bertz CT molecular complexity index is 625. The first-order valence-corrected chi connectivity index (χ1v) is 6.13. The minimum absolute atomic E-state index is 0.215. The van der Waals surface area contributed by atoms with E-state index in [1.807, 2.05) is 47.4 Å². The van der Waals surface area contributed by atoms with Gasteiger partial charge in [-0.25, -0.2) is 4.79 Å². The summed E-state index contributed by atoms with van der Waals surface area (Å²) < 4.78 is 5.22. The maximum atomic E-state index is 11.7. The predicted octanol–water partition coefficient (Wildman–Crippen LogP) is 2.41. The van der Waals surface area contributed by atoms with Crippen LogP contribution >= 0.6 is 0 Å². The molecule has 0 aliphatic carbocycles. The molecule has 4 heteroatoms. The average Bonchev–Trinajstić information content (AvgIpc) is 2.48. The van der Waals surface area contributed by atoms with Crippen molar-refractivity contribution in [3.8, 4) is 0 Å². The molecule has 0 saturated carbocycles. The monoisotopic (exact) mass is 254 g/mol. The van der Waals surface area contributed by atoms with Gasteiger partial charge in [0.15, 0.2) is 6.73 Å². The molecule has 0 amide bonds. The summed E-state index contributed by atoms with van der Waals surface area (Å²) in [6.07, 6.45) is 0. The Morgan fingerprint density at radius 1 is 1.05 bits per heavy atom. The fourth-order valence-corrected chi connectivity index (χ4v) is 2.30. The van der Waals surface area contributed by atoms with Crippen molar-refractivity contribution in [2.45, 2.75) is 6.54 Å². The lowest BCUT2D eigenvalue weighted by Crippen LogP contribution is -2.31. The summed E-state index contributed by atoms with van der Waals surface area (Å²) in [5, 5.41) is 0. The maximum Gasteiger partial charge on any atom is 0.342 e. The van der Waals surface area contributed by atoms with Crippen molar-refractivity contribution in [3.63, 3.8) is 0 Å². The van der Waals surface area contributed by atoms with Crippen LogP contribution in [0.25, 0.3) is 0 Å². The molecule has 2 aromatic rings. The second-order valence-corrected chi connectivity index (χ2v) is 4.34. The van der Waals surface area contributed by atoms with Crippen molar-refractivity contribution >= 4 is 17.3 Å². The van der Waals surface area contributed by atoms with Crippen LogP contribution in [0.5, 0.6) is 0 Å². The number of fused-ring (bicyclic) bond motifs is 1. The molecule has 96 valence electrons. The Labute approximate surface area is 111 Å². The average molecular weight is 254 g/mol. The van der Waals surface area contributed by atoms with Gasteiger partial charge in [-0.3, -0.25) is 0 Å². The third kappa shape index (κ3) is 1.96. The van der Waals surface area contributed by atoms with E-state index in [9.17, 15) is 4.79 Å². The number of nitrogens with zero attached hydrogens (tertiary/aromatic N) is 1. The molecule has 0 unspecified atom stereocenters. The molecule has 0 spiro atoms.